The Bertz CT molecular complexity index is 185. The number of hydrogen-bond acceptors (Lipinski definition) is 4. The smallest absolute Gasteiger partial charge is 0.338 e. The van der Waals surface area contributed by atoms with Crippen LogP contribution in [-0.2, 0) is 9.57 Å². The van der Waals surface area contributed by atoms with Crippen molar-refractivity contribution in [3.63, 3.8) is 0 Å². The summed E-state index contributed by atoms with van der Waals surface area (Å²) in [5, 5.41) is 11.3. The van der Waals surface area contributed by atoms with Gasteiger partial charge in [0.25, 0.3) is 0 Å². The zero-order chi connectivity index (χ0) is 11.7. The molecule has 6 heteroatoms. The number of urea groups is 1. The van der Waals surface area contributed by atoms with Gasteiger partial charge in [-0.15, -0.1) is 0 Å². The van der Waals surface area contributed by atoms with Crippen LogP contribution in [0.5, 0.6) is 0 Å². The number of amides is 2. The first kappa shape index (κ1) is 14.2. The number of rotatable bonds is 7. The number of ether oxygens (including phenoxy) is 1. The highest BCUT2D eigenvalue weighted by Gasteiger charge is 2.16. The number of hydrogen-bond donors (Lipinski definition) is 3. The second-order valence-electron chi connectivity index (χ2n) is 3.64. The van der Waals surface area contributed by atoms with Crippen molar-refractivity contribution in [1.29, 1.82) is 0 Å². The number of aliphatic hydroxyl groups is 1. The third-order valence-electron chi connectivity index (χ3n) is 1.79. The number of carbonyl (C=O) groups is 1. The molecule has 0 saturated heterocycles. The summed E-state index contributed by atoms with van der Waals surface area (Å²) in [6.07, 6.45) is 0.567. The zero-order valence-electron chi connectivity index (χ0n) is 9.50. The van der Waals surface area contributed by atoms with Crippen molar-refractivity contribution in [3.8, 4) is 0 Å². The summed E-state index contributed by atoms with van der Waals surface area (Å²) in [5.41, 5.74) is 1.76. The van der Waals surface area contributed by atoms with Gasteiger partial charge in [0, 0.05) is 13.2 Å². The summed E-state index contributed by atoms with van der Waals surface area (Å²) >= 11 is 0. The lowest BCUT2D eigenvalue weighted by atomic mass is 10.1. The van der Waals surface area contributed by atoms with E-state index in [1.807, 2.05) is 13.8 Å². The standard InChI is InChI=1S/C9H20N2O4/c1-9(2,4-6-12)15-7-5-10-8(13)11-14-3/h12H,4-7H2,1-3H3,(H2,10,11,13). The van der Waals surface area contributed by atoms with Crippen molar-refractivity contribution in [3.05, 3.63) is 0 Å². The van der Waals surface area contributed by atoms with Gasteiger partial charge < -0.3 is 15.2 Å². The summed E-state index contributed by atoms with van der Waals surface area (Å²) in [5.74, 6) is 0. The predicted octanol–water partition coefficient (Wildman–Crippen LogP) is 0.0246. The quantitative estimate of drug-likeness (QED) is 0.417. The molecule has 0 aromatic carbocycles. The average Bonchev–Trinajstić information content (AvgIpc) is 2.13. The third kappa shape index (κ3) is 8.17. The minimum Gasteiger partial charge on any atom is -0.396 e. The van der Waals surface area contributed by atoms with Gasteiger partial charge in [-0.3, -0.25) is 4.84 Å². The molecule has 0 fully saturated rings. The first-order valence-corrected chi connectivity index (χ1v) is 4.83. The predicted molar refractivity (Wildman–Crippen MR) is 55.3 cm³/mol. The maximum absolute atomic E-state index is 10.9. The van der Waals surface area contributed by atoms with Gasteiger partial charge in [0.1, 0.15) is 0 Å². The van der Waals surface area contributed by atoms with Gasteiger partial charge in [0.2, 0.25) is 0 Å². The van der Waals surface area contributed by atoms with Gasteiger partial charge in [-0.05, 0) is 20.3 Å². The van der Waals surface area contributed by atoms with E-state index < -0.39 is 6.03 Å². The topological polar surface area (TPSA) is 79.8 Å². The fraction of sp³-hybridized carbons (Fsp3) is 0.889. The molecule has 0 unspecified atom stereocenters. The van der Waals surface area contributed by atoms with Gasteiger partial charge in [-0.25, -0.2) is 10.3 Å². The van der Waals surface area contributed by atoms with Crippen molar-refractivity contribution in [2.75, 3.05) is 26.9 Å². The fourth-order valence-corrected chi connectivity index (χ4v) is 0.962. The molecule has 0 bridgehead atoms. The lowest BCUT2D eigenvalue weighted by molar-refractivity contribution is -0.0304. The molecular weight excluding hydrogens is 200 g/mol. The van der Waals surface area contributed by atoms with Crippen LogP contribution in [0.1, 0.15) is 20.3 Å². The molecule has 2 amide bonds. The molecule has 0 atom stereocenters. The van der Waals surface area contributed by atoms with Crippen LogP contribution in [0.2, 0.25) is 0 Å². The Kier molecular flexibility index (Phi) is 7.02. The van der Waals surface area contributed by atoms with Gasteiger partial charge in [-0.2, -0.15) is 0 Å². The molecule has 0 rings (SSSR count). The lowest BCUT2D eigenvalue weighted by Gasteiger charge is -2.24. The van der Waals surface area contributed by atoms with Crippen LogP contribution in [0.4, 0.5) is 4.79 Å². The van der Waals surface area contributed by atoms with Crippen molar-refractivity contribution in [2.24, 2.45) is 0 Å². The minimum absolute atomic E-state index is 0.0879. The highest BCUT2D eigenvalue weighted by Crippen LogP contribution is 2.12. The van der Waals surface area contributed by atoms with E-state index >= 15 is 0 Å². The van der Waals surface area contributed by atoms with E-state index in [1.165, 1.54) is 7.11 Å². The molecular formula is C9H20N2O4. The molecule has 0 aromatic heterocycles. The van der Waals surface area contributed by atoms with E-state index in [0.29, 0.717) is 19.6 Å². The van der Waals surface area contributed by atoms with Crippen LogP contribution in [0.25, 0.3) is 0 Å². The first-order chi connectivity index (χ1) is 7.02. The molecule has 0 saturated carbocycles. The van der Waals surface area contributed by atoms with Crippen LogP contribution < -0.4 is 10.8 Å². The molecule has 0 heterocycles. The van der Waals surface area contributed by atoms with Gasteiger partial charge >= 0.3 is 6.03 Å². The first-order valence-electron chi connectivity index (χ1n) is 4.83. The molecule has 0 spiro atoms. The SMILES string of the molecule is CONC(=O)NCCOC(C)(C)CCO. The van der Waals surface area contributed by atoms with Gasteiger partial charge in [0.15, 0.2) is 0 Å². The van der Waals surface area contributed by atoms with E-state index in [2.05, 4.69) is 15.6 Å². The van der Waals surface area contributed by atoms with Crippen molar-refractivity contribution >= 4 is 6.03 Å². The highest BCUT2D eigenvalue weighted by molar-refractivity contribution is 5.72. The Morgan fingerprint density at radius 2 is 2.13 bits per heavy atom. The Morgan fingerprint density at radius 3 is 2.67 bits per heavy atom. The number of hydroxylamine groups is 1. The summed E-state index contributed by atoms with van der Waals surface area (Å²) < 4.78 is 5.46. The summed E-state index contributed by atoms with van der Waals surface area (Å²) in [6, 6.07) is -0.402. The third-order valence-corrected chi connectivity index (χ3v) is 1.79. The van der Waals surface area contributed by atoms with Crippen molar-refractivity contribution < 1.29 is 19.5 Å². The highest BCUT2D eigenvalue weighted by atomic mass is 16.6. The molecule has 15 heavy (non-hydrogen) atoms. The molecule has 3 N–H and O–H groups in total. The Hall–Kier alpha value is -0.850. The van der Waals surface area contributed by atoms with Crippen molar-refractivity contribution in [1.82, 2.24) is 10.8 Å². The van der Waals surface area contributed by atoms with Crippen LogP contribution in [0, 0.1) is 0 Å². The summed E-state index contributed by atoms with van der Waals surface area (Å²) in [7, 11) is 1.36. The largest absolute Gasteiger partial charge is 0.396 e. The molecule has 0 aromatic rings. The molecule has 6 nitrogen and oxygen atoms in total. The van der Waals surface area contributed by atoms with Gasteiger partial charge in [-0.1, -0.05) is 0 Å². The Balaban J connectivity index is 3.49. The van der Waals surface area contributed by atoms with E-state index in [9.17, 15) is 4.79 Å². The summed E-state index contributed by atoms with van der Waals surface area (Å²) in [4.78, 5) is 15.3. The van der Waals surface area contributed by atoms with Crippen LogP contribution in [0.15, 0.2) is 0 Å². The van der Waals surface area contributed by atoms with E-state index in [1.54, 1.807) is 0 Å². The number of carbonyl (C=O) groups excluding carboxylic acids is 1. The maximum Gasteiger partial charge on any atom is 0.338 e. The lowest BCUT2D eigenvalue weighted by Crippen LogP contribution is -2.38. The maximum atomic E-state index is 10.9. The van der Waals surface area contributed by atoms with E-state index in [-0.39, 0.29) is 12.2 Å². The molecule has 90 valence electrons. The number of aliphatic hydroxyl groups excluding tert-OH is 1. The summed E-state index contributed by atoms with van der Waals surface area (Å²) in [6.45, 7) is 4.65. The molecule has 0 aliphatic rings. The Morgan fingerprint density at radius 1 is 1.47 bits per heavy atom. The minimum atomic E-state index is -0.402. The van der Waals surface area contributed by atoms with E-state index in [4.69, 9.17) is 9.84 Å². The van der Waals surface area contributed by atoms with Gasteiger partial charge in [0.05, 0.1) is 19.3 Å². The van der Waals surface area contributed by atoms with E-state index in [0.717, 1.165) is 0 Å². The van der Waals surface area contributed by atoms with Crippen LogP contribution in [0.3, 0.4) is 0 Å². The fourth-order valence-electron chi connectivity index (χ4n) is 0.962. The van der Waals surface area contributed by atoms with Crippen LogP contribution >= 0.6 is 0 Å². The normalized spacial score (nSPS) is 11.2. The Labute approximate surface area is 89.9 Å². The zero-order valence-corrected chi connectivity index (χ0v) is 9.50. The molecule has 0 radical (unpaired) electrons. The van der Waals surface area contributed by atoms with Crippen molar-refractivity contribution in [2.45, 2.75) is 25.9 Å². The molecule has 0 aliphatic carbocycles. The monoisotopic (exact) mass is 220 g/mol. The second-order valence-corrected chi connectivity index (χ2v) is 3.64. The number of nitrogens with one attached hydrogen (secondary N) is 2. The second kappa shape index (κ2) is 7.44. The molecule has 0 aliphatic heterocycles. The van der Waals surface area contributed by atoms with Crippen LogP contribution in [-0.4, -0.2) is 43.6 Å². The average molecular weight is 220 g/mol.